The fourth-order valence-corrected chi connectivity index (χ4v) is 3.79. The smallest absolute Gasteiger partial charge is 0.0454 e. The molecule has 1 atom stereocenters. The van der Waals surface area contributed by atoms with Crippen LogP contribution in [0.15, 0.2) is 48.7 Å². The van der Waals surface area contributed by atoms with Gasteiger partial charge in [-0.15, -0.1) is 0 Å². The van der Waals surface area contributed by atoms with Crippen molar-refractivity contribution in [3.05, 3.63) is 70.9 Å². The quantitative estimate of drug-likeness (QED) is 0.776. The number of hydrogen-bond acceptors (Lipinski definition) is 2. The number of likely N-dealkylation sites (N-methyl/N-ethyl adjacent to an activating group) is 1. The molecule has 0 radical (unpaired) electrons. The molecule has 3 heteroatoms. The molecule has 0 saturated heterocycles. The van der Waals surface area contributed by atoms with Gasteiger partial charge in [-0.25, -0.2) is 0 Å². The molecule has 4 rings (SSSR count). The van der Waals surface area contributed by atoms with Crippen LogP contribution in [0.4, 0.5) is 0 Å². The maximum absolute atomic E-state index is 3.28. The molecule has 0 aliphatic carbocycles. The highest BCUT2D eigenvalue weighted by atomic mass is 15.1. The number of H-pyrrole nitrogens is 1. The second kappa shape index (κ2) is 5.84. The van der Waals surface area contributed by atoms with Crippen LogP contribution in [0.5, 0.6) is 0 Å². The molecule has 2 aromatic carbocycles. The second-order valence-corrected chi connectivity index (χ2v) is 6.64. The lowest BCUT2D eigenvalue weighted by Crippen LogP contribution is -2.31. The minimum atomic E-state index is 0.451. The molecule has 1 aliphatic heterocycles. The summed E-state index contributed by atoms with van der Waals surface area (Å²) in [5.74, 6) is 0.451. The normalized spacial score (nSPS) is 18.3. The van der Waals surface area contributed by atoms with Gasteiger partial charge in [-0.3, -0.25) is 0 Å². The number of benzene rings is 2. The summed E-state index contributed by atoms with van der Waals surface area (Å²) in [5, 5.41) is 4.54. The summed E-state index contributed by atoms with van der Waals surface area (Å²) >= 11 is 0. The molecule has 1 aliphatic rings. The van der Waals surface area contributed by atoms with Gasteiger partial charge in [0.15, 0.2) is 0 Å². The zero-order valence-electron chi connectivity index (χ0n) is 13.8. The third-order valence-electron chi connectivity index (χ3n) is 4.88. The molecule has 2 N–H and O–H groups in total. The van der Waals surface area contributed by atoms with E-state index in [0.717, 1.165) is 19.6 Å². The first-order chi connectivity index (χ1) is 11.2. The van der Waals surface area contributed by atoms with Crippen molar-refractivity contribution >= 4 is 10.9 Å². The van der Waals surface area contributed by atoms with Crippen LogP contribution in [0.25, 0.3) is 10.9 Å². The zero-order valence-corrected chi connectivity index (χ0v) is 13.8. The van der Waals surface area contributed by atoms with Crippen molar-refractivity contribution in [1.82, 2.24) is 15.2 Å². The summed E-state index contributed by atoms with van der Waals surface area (Å²) in [5.41, 5.74) is 6.93. The third-order valence-corrected chi connectivity index (χ3v) is 4.88. The summed E-state index contributed by atoms with van der Waals surface area (Å²) in [6, 6.07) is 15.9. The first-order valence-electron chi connectivity index (χ1n) is 8.26. The van der Waals surface area contributed by atoms with E-state index in [2.05, 4.69) is 64.7 Å². The van der Waals surface area contributed by atoms with Crippen molar-refractivity contribution in [1.29, 1.82) is 0 Å². The maximum Gasteiger partial charge on any atom is 0.0454 e. The van der Waals surface area contributed by atoms with Crippen LogP contribution < -0.4 is 5.32 Å². The van der Waals surface area contributed by atoms with Gasteiger partial charge in [-0.05, 0) is 59.9 Å². The lowest BCUT2D eigenvalue weighted by molar-refractivity contribution is 0.295. The Labute approximate surface area is 137 Å². The molecule has 3 nitrogen and oxygen atoms in total. The van der Waals surface area contributed by atoms with E-state index < -0.39 is 0 Å². The molecule has 23 heavy (non-hydrogen) atoms. The Hall–Kier alpha value is -2.10. The minimum absolute atomic E-state index is 0.451. The van der Waals surface area contributed by atoms with Crippen LogP contribution in [-0.2, 0) is 13.1 Å². The van der Waals surface area contributed by atoms with Crippen LogP contribution in [0, 0.1) is 0 Å². The average molecular weight is 305 g/mol. The standard InChI is InChI=1S/C20H23N3/c1-21-11-14-3-5-18-17(9-14)12-23(2)13-19(18)15-4-6-20-16(10-15)7-8-22-20/h3-10,19,21-22H,11-13H2,1-2H3. The van der Waals surface area contributed by atoms with Gasteiger partial charge in [0.25, 0.3) is 0 Å². The number of rotatable bonds is 3. The van der Waals surface area contributed by atoms with Crippen LogP contribution in [0.2, 0.25) is 0 Å². The molecule has 1 unspecified atom stereocenters. The number of aromatic amines is 1. The van der Waals surface area contributed by atoms with Crippen LogP contribution in [-0.4, -0.2) is 30.5 Å². The van der Waals surface area contributed by atoms with Crippen LogP contribution in [0.3, 0.4) is 0 Å². The van der Waals surface area contributed by atoms with Gasteiger partial charge in [0.2, 0.25) is 0 Å². The van der Waals surface area contributed by atoms with E-state index in [0.29, 0.717) is 5.92 Å². The topological polar surface area (TPSA) is 31.1 Å². The van der Waals surface area contributed by atoms with E-state index in [1.54, 1.807) is 0 Å². The van der Waals surface area contributed by atoms with Gasteiger partial charge < -0.3 is 15.2 Å². The molecular formula is C20H23N3. The lowest BCUT2D eigenvalue weighted by atomic mass is 9.84. The van der Waals surface area contributed by atoms with E-state index in [4.69, 9.17) is 0 Å². The largest absolute Gasteiger partial charge is 0.361 e. The molecule has 0 amide bonds. The summed E-state index contributed by atoms with van der Waals surface area (Å²) in [6.07, 6.45) is 2.01. The molecule has 118 valence electrons. The van der Waals surface area contributed by atoms with Crippen LogP contribution in [0.1, 0.15) is 28.2 Å². The van der Waals surface area contributed by atoms with Gasteiger partial charge in [-0.1, -0.05) is 24.3 Å². The second-order valence-electron chi connectivity index (χ2n) is 6.64. The number of aromatic nitrogens is 1. The van der Waals surface area contributed by atoms with Crippen molar-refractivity contribution < 1.29 is 0 Å². The number of nitrogens with one attached hydrogen (secondary N) is 2. The fraction of sp³-hybridized carbons (Fsp3) is 0.300. The summed E-state index contributed by atoms with van der Waals surface area (Å²) in [6.45, 7) is 3.04. The minimum Gasteiger partial charge on any atom is -0.361 e. The predicted octanol–water partition coefficient (Wildman–Crippen LogP) is 3.46. The highest BCUT2D eigenvalue weighted by Crippen LogP contribution is 2.34. The van der Waals surface area contributed by atoms with Gasteiger partial charge in [0.05, 0.1) is 0 Å². The summed E-state index contributed by atoms with van der Waals surface area (Å²) in [7, 11) is 4.22. The molecule has 0 saturated carbocycles. The first kappa shape index (κ1) is 14.5. The SMILES string of the molecule is CNCc1ccc2c(c1)CN(C)CC2c1ccc2[nH]ccc2c1. The highest BCUT2D eigenvalue weighted by Gasteiger charge is 2.25. The number of hydrogen-bond donors (Lipinski definition) is 2. The van der Waals surface area contributed by atoms with E-state index >= 15 is 0 Å². The Morgan fingerprint density at radius 3 is 2.96 bits per heavy atom. The summed E-state index contributed by atoms with van der Waals surface area (Å²) in [4.78, 5) is 5.71. The predicted molar refractivity (Wildman–Crippen MR) is 95.7 cm³/mol. The molecule has 0 spiro atoms. The molecule has 3 aromatic rings. The molecule has 2 heterocycles. The fourth-order valence-electron chi connectivity index (χ4n) is 3.79. The Balaban J connectivity index is 1.77. The Morgan fingerprint density at radius 1 is 1.17 bits per heavy atom. The monoisotopic (exact) mass is 305 g/mol. The molecule has 1 aromatic heterocycles. The van der Waals surface area contributed by atoms with Crippen LogP contribution >= 0.6 is 0 Å². The van der Waals surface area contributed by atoms with Crippen molar-refractivity contribution in [3.63, 3.8) is 0 Å². The Bertz CT molecular complexity index is 834. The van der Waals surface area contributed by atoms with E-state index in [9.17, 15) is 0 Å². The zero-order chi connectivity index (χ0) is 15.8. The van der Waals surface area contributed by atoms with Crippen molar-refractivity contribution in [3.8, 4) is 0 Å². The first-order valence-corrected chi connectivity index (χ1v) is 8.26. The van der Waals surface area contributed by atoms with Crippen molar-refractivity contribution in [2.24, 2.45) is 0 Å². The number of fused-ring (bicyclic) bond motifs is 2. The Morgan fingerprint density at radius 2 is 2.09 bits per heavy atom. The molecule has 0 fully saturated rings. The number of nitrogens with zero attached hydrogens (tertiary/aromatic N) is 1. The lowest BCUT2D eigenvalue weighted by Gasteiger charge is -2.33. The van der Waals surface area contributed by atoms with Crippen molar-refractivity contribution in [2.45, 2.75) is 19.0 Å². The Kier molecular flexibility index (Phi) is 3.68. The van der Waals surface area contributed by atoms with Gasteiger partial charge in [0, 0.05) is 37.3 Å². The maximum atomic E-state index is 3.28. The van der Waals surface area contributed by atoms with Gasteiger partial charge >= 0.3 is 0 Å². The van der Waals surface area contributed by atoms with E-state index in [1.165, 1.54) is 33.2 Å². The van der Waals surface area contributed by atoms with Gasteiger partial charge in [-0.2, -0.15) is 0 Å². The highest BCUT2D eigenvalue weighted by molar-refractivity contribution is 5.80. The van der Waals surface area contributed by atoms with E-state index in [1.807, 2.05) is 13.2 Å². The molecular weight excluding hydrogens is 282 g/mol. The summed E-state index contributed by atoms with van der Waals surface area (Å²) < 4.78 is 0. The van der Waals surface area contributed by atoms with Gasteiger partial charge in [0.1, 0.15) is 0 Å². The molecule has 0 bridgehead atoms. The average Bonchev–Trinajstić information content (AvgIpc) is 3.01. The van der Waals surface area contributed by atoms with E-state index in [-0.39, 0.29) is 0 Å². The van der Waals surface area contributed by atoms with Crippen molar-refractivity contribution in [2.75, 3.05) is 20.6 Å². The third kappa shape index (κ3) is 2.67.